The Morgan fingerprint density at radius 2 is 2.30 bits per heavy atom. The van der Waals surface area contributed by atoms with E-state index in [0.29, 0.717) is 12.6 Å². The second-order valence-corrected chi connectivity index (χ2v) is 6.05. The van der Waals surface area contributed by atoms with E-state index in [-0.39, 0.29) is 5.56 Å². The lowest BCUT2D eigenvalue weighted by Gasteiger charge is -2.24. The average Bonchev–Trinajstić information content (AvgIpc) is 2.95. The van der Waals surface area contributed by atoms with Crippen LogP contribution in [0.1, 0.15) is 40.5 Å². The standard InChI is InChI=1S/C16H15FN2S/c17-14-5-4-11(8-12(14)9-18)10-19-15-2-1-3-16-13(15)6-7-20-16/h4-8,15,19H,1-3,10H2. The molecule has 1 aromatic carbocycles. The van der Waals surface area contributed by atoms with Crippen molar-refractivity contribution < 1.29 is 4.39 Å². The Balaban J connectivity index is 1.71. The normalized spacial score (nSPS) is 17.5. The van der Waals surface area contributed by atoms with E-state index in [1.807, 2.05) is 17.4 Å². The molecule has 0 spiro atoms. The number of nitriles is 1. The van der Waals surface area contributed by atoms with Gasteiger partial charge in [0.05, 0.1) is 5.56 Å². The highest BCUT2D eigenvalue weighted by Crippen LogP contribution is 2.33. The molecule has 1 heterocycles. The molecule has 1 aromatic heterocycles. The number of hydrogen-bond donors (Lipinski definition) is 1. The van der Waals surface area contributed by atoms with Crippen LogP contribution in [-0.2, 0) is 13.0 Å². The minimum atomic E-state index is -0.450. The third-order valence-electron chi connectivity index (χ3n) is 3.76. The Kier molecular flexibility index (Phi) is 3.81. The molecule has 1 atom stereocenters. The predicted octanol–water partition coefficient (Wildman–Crippen LogP) is 3.93. The molecule has 0 radical (unpaired) electrons. The van der Waals surface area contributed by atoms with Gasteiger partial charge in [0.1, 0.15) is 11.9 Å². The lowest BCUT2D eigenvalue weighted by Crippen LogP contribution is -2.23. The minimum absolute atomic E-state index is 0.115. The van der Waals surface area contributed by atoms with Crippen molar-refractivity contribution in [2.45, 2.75) is 31.8 Å². The topological polar surface area (TPSA) is 35.8 Å². The third kappa shape index (κ3) is 2.60. The highest BCUT2D eigenvalue weighted by Gasteiger charge is 2.20. The largest absolute Gasteiger partial charge is 0.306 e. The van der Waals surface area contributed by atoms with Crippen LogP contribution in [0.4, 0.5) is 4.39 Å². The maximum absolute atomic E-state index is 13.3. The van der Waals surface area contributed by atoms with Gasteiger partial charge in [-0.05, 0) is 54.0 Å². The van der Waals surface area contributed by atoms with Gasteiger partial charge in [-0.25, -0.2) is 4.39 Å². The molecule has 1 aliphatic carbocycles. The van der Waals surface area contributed by atoms with Gasteiger partial charge < -0.3 is 5.32 Å². The van der Waals surface area contributed by atoms with Crippen molar-refractivity contribution in [3.63, 3.8) is 0 Å². The van der Waals surface area contributed by atoms with Crippen LogP contribution in [0.15, 0.2) is 29.6 Å². The molecule has 1 unspecified atom stereocenters. The zero-order valence-corrected chi connectivity index (χ0v) is 11.8. The fraction of sp³-hybridized carbons (Fsp3) is 0.312. The van der Waals surface area contributed by atoms with Crippen molar-refractivity contribution in [3.05, 3.63) is 57.0 Å². The molecule has 0 fully saturated rings. The summed E-state index contributed by atoms with van der Waals surface area (Å²) in [7, 11) is 0. The summed E-state index contributed by atoms with van der Waals surface area (Å²) in [5.74, 6) is -0.450. The number of aryl methyl sites for hydroxylation is 1. The zero-order chi connectivity index (χ0) is 13.9. The molecule has 0 aliphatic heterocycles. The molecule has 0 saturated heterocycles. The summed E-state index contributed by atoms with van der Waals surface area (Å²) >= 11 is 1.83. The molecule has 20 heavy (non-hydrogen) atoms. The predicted molar refractivity (Wildman–Crippen MR) is 78.0 cm³/mol. The molecule has 0 amide bonds. The van der Waals surface area contributed by atoms with Crippen molar-refractivity contribution in [1.82, 2.24) is 5.32 Å². The fourth-order valence-corrected chi connectivity index (χ4v) is 3.70. The van der Waals surface area contributed by atoms with Crippen LogP contribution in [0.5, 0.6) is 0 Å². The maximum atomic E-state index is 13.3. The summed E-state index contributed by atoms with van der Waals surface area (Å²) in [5, 5.41) is 14.5. The number of nitrogens with one attached hydrogen (secondary N) is 1. The first-order valence-corrected chi connectivity index (χ1v) is 7.64. The first kappa shape index (κ1) is 13.3. The highest BCUT2D eigenvalue weighted by atomic mass is 32.1. The summed E-state index contributed by atoms with van der Waals surface area (Å²) in [4.78, 5) is 1.48. The molecule has 0 bridgehead atoms. The molecule has 0 saturated carbocycles. The van der Waals surface area contributed by atoms with E-state index in [1.54, 1.807) is 12.1 Å². The van der Waals surface area contributed by atoms with E-state index in [0.717, 1.165) is 12.0 Å². The quantitative estimate of drug-likeness (QED) is 0.928. The van der Waals surface area contributed by atoms with E-state index in [9.17, 15) is 4.39 Å². The Labute approximate surface area is 121 Å². The monoisotopic (exact) mass is 286 g/mol. The maximum Gasteiger partial charge on any atom is 0.140 e. The molecular formula is C16H15FN2S. The van der Waals surface area contributed by atoms with Gasteiger partial charge in [0.2, 0.25) is 0 Å². The Hall–Kier alpha value is -1.70. The summed E-state index contributed by atoms with van der Waals surface area (Å²) in [5.41, 5.74) is 2.47. The number of thiophene rings is 1. The van der Waals surface area contributed by atoms with E-state index in [4.69, 9.17) is 5.26 Å². The Morgan fingerprint density at radius 1 is 1.40 bits per heavy atom. The van der Waals surface area contributed by atoms with Crippen molar-refractivity contribution in [3.8, 4) is 6.07 Å². The first-order valence-electron chi connectivity index (χ1n) is 6.76. The van der Waals surface area contributed by atoms with Gasteiger partial charge in [0, 0.05) is 17.5 Å². The zero-order valence-electron chi connectivity index (χ0n) is 11.0. The lowest BCUT2D eigenvalue weighted by atomic mass is 9.94. The summed E-state index contributed by atoms with van der Waals surface area (Å²) in [6, 6.07) is 9.19. The molecular weight excluding hydrogens is 271 g/mol. The van der Waals surface area contributed by atoms with Gasteiger partial charge in [-0.3, -0.25) is 0 Å². The fourth-order valence-electron chi connectivity index (χ4n) is 2.71. The van der Waals surface area contributed by atoms with Crippen LogP contribution in [0.2, 0.25) is 0 Å². The van der Waals surface area contributed by atoms with Crippen LogP contribution in [0.25, 0.3) is 0 Å². The van der Waals surface area contributed by atoms with E-state index < -0.39 is 5.82 Å². The van der Waals surface area contributed by atoms with Gasteiger partial charge >= 0.3 is 0 Å². The van der Waals surface area contributed by atoms with Gasteiger partial charge in [-0.1, -0.05) is 6.07 Å². The van der Waals surface area contributed by atoms with Gasteiger partial charge in [-0.2, -0.15) is 5.26 Å². The van der Waals surface area contributed by atoms with Crippen LogP contribution < -0.4 is 5.32 Å². The summed E-state index contributed by atoms with van der Waals surface area (Å²) in [6.45, 7) is 0.662. The first-order chi connectivity index (χ1) is 9.78. The Bertz CT molecular complexity index is 657. The van der Waals surface area contributed by atoms with Crippen molar-refractivity contribution in [2.24, 2.45) is 0 Å². The molecule has 102 valence electrons. The molecule has 1 aliphatic rings. The summed E-state index contributed by atoms with van der Waals surface area (Å²) in [6.07, 6.45) is 3.52. The second kappa shape index (κ2) is 5.74. The van der Waals surface area contributed by atoms with Crippen LogP contribution >= 0.6 is 11.3 Å². The third-order valence-corrected chi connectivity index (χ3v) is 4.75. The van der Waals surface area contributed by atoms with Gasteiger partial charge in [-0.15, -0.1) is 11.3 Å². The molecule has 4 heteroatoms. The lowest BCUT2D eigenvalue weighted by molar-refractivity contribution is 0.463. The smallest absolute Gasteiger partial charge is 0.140 e. The number of nitrogens with zero attached hydrogens (tertiary/aromatic N) is 1. The summed E-state index contributed by atoms with van der Waals surface area (Å²) < 4.78 is 13.3. The average molecular weight is 286 g/mol. The molecule has 3 rings (SSSR count). The van der Waals surface area contributed by atoms with Gasteiger partial charge in [0.25, 0.3) is 0 Å². The van der Waals surface area contributed by atoms with Crippen LogP contribution in [0, 0.1) is 17.1 Å². The number of rotatable bonds is 3. The van der Waals surface area contributed by atoms with Crippen LogP contribution in [-0.4, -0.2) is 0 Å². The Morgan fingerprint density at radius 3 is 3.15 bits per heavy atom. The van der Waals surface area contributed by atoms with Crippen molar-refractivity contribution in [2.75, 3.05) is 0 Å². The van der Waals surface area contributed by atoms with Crippen molar-refractivity contribution in [1.29, 1.82) is 5.26 Å². The number of hydrogen-bond acceptors (Lipinski definition) is 3. The minimum Gasteiger partial charge on any atom is -0.306 e. The highest BCUT2D eigenvalue weighted by molar-refractivity contribution is 7.10. The molecule has 1 N–H and O–H groups in total. The number of halogens is 1. The van der Waals surface area contributed by atoms with Gasteiger partial charge in [0.15, 0.2) is 0 Å². The number of benzene rings is 1. The van der Waals surface area contributed by atoms with Crippen LogP contribution in [0.3, 0.4) is 0 Å². The SMILES string of the molecule is N#Cc1cc(CNC2CCCc3sccc32)ccc1F. The molecule has 2 nitrogen and oxygen atoms in total. The number of fused-ring (bicyclic) bond motifs is 1. The van der Waals surface area contributed by atoms with E-state index in [1.165, 1.54) is 29.3 Å². The molecule has 2 aromatic rings. The van der Waals surface area contributed by atoms with Crippen molar-refractivity contribution >= 4 is 11.3 Å². The van der Waals surface area contributed by atoms with E-state index in [2.05, 4.69) is 16.8 Å². The second-order valence-electron chi connectivity index (χ2n) is 5.05. The van der Waals surface area contributed by atoms with E-state index >= 15 is 0 Å².